The molecule has 0 unspecified atom stereocenters. The quantitative estimate of drug-likeness (QED) is 0.246. The molecule has 1 saturated heterocycles. The minimum absolute atomic E-state index is 0. The number of guanidine groups is 1. The van der Waals surface area contributed by atoms with Crippen molar-refractivity contribution in [2.45, 2.75) is 19.4 Å². The molecular weight excluding hydrogens is 481 g/mol. The minimum atomic E-state index is 0. The fourth-order valence-electron chi connectivity index (χ4n) is 3.11. The summed E-state index contributed by atoms with van der Waals surface area (Å²) in [5.41, 5.74) is 1.19. The molecule has 158 valence electrons. The Morgan fingerprint density at radius 2 is 1.83 bits per heavy atom. The molecule has 0 amide bonds. The van der Waals surface area contributed by atoms with E-state index in [2.05, 4.69) is 31.6 Å². The van der Waals surface area contributed by atoms with Gasteiger partial charge in [0.05, 0.1) is 13.7 Å². The zero-order chi connectivity index (χ0) is 19.6. The lowest BCUT2D eigenvalue weighted by Crippen LogP contribution is -2.38. The van der Waals surface area contributed by atoms with Crippen LogP contribution in [0.15, 0.2) is 47.6 Å². The maximum atomic E-state index is 5.72. The molecular formula is C21H30IN5O2. The summed E-state index contributed by atoms with van der Waals surface area (Å²) in [6, 6.07) is 11.7. The maximum Gasteiger partial charge on any atom is 0.191 e. The van der Waals surface area contributed by atoms with E-state index in [1.54, 1.807) is 14.2 Å². The summed E-state index contributed by atoms with van der Waals surface area (Å²) in [7, 11) is 3.42. The lowest BCUT2D eigenvalue weighted by molar-refractivity contribution is 0.321. The Kier molecular flexibility index (Phi) is 9.82. The van der Waals surface area contributed by atoms with Crippen molar-refractivity contribution in [3.63, 3.8) is 0 Å². The second kappa shape index (κ2) is 12.4. The normalized spacial score (nSPS) is 13.6. The van der Waals surface area contributed by atoms with Gasteiger partial charge in [-0.1, -0.05) is 0 Å². The number of ether oxygens (including phenoxy) is 2. The number of nitrogens with zero attached hydrogens (tertiary/aromatic N) is 3. The Balaban J connectivity index is 0.00000300. The Bertz CT molecular complexity index is 764. The van der Waals surface area contributed by atoms with Crippen LogP contribution in [0.4, 0.5) is 5.82 Å². The molecule has 1 aliphatic heterocycles. The van der Waals surface area contributed by atoms with Crippen molar-refractivity contribution in [2.75, 3.05) is 45.3 Å². The summed E-state index contributed by atoms with van der Waals surface area (Å²) >= 11 is 0. The SMILES string of the molecule is CN=C(NCCOc1ccc(OC)cc1)NCc1ccnc(N2CCCC2)c1.I. The highest BCUT2D eigenvalue weighted by atomic mass is 127. The van der Waals surface area contributed by atoms with Gasteiger partial charge in [0.25, 0.3) is 0 Å². The van der Waals surface area contributed by atoms with Crippen molar-refractivity contribution < 1.29 is 9.47 Å². The van der Waals surface area contributed by atoms with Crippen molar-refractivity contribution in [3.05, 3.63) is 48.2 Å². The largest absolute Gasteiger partial charge is 0.497 e. The number of anilines is 1. The molecule has 0 radical (unpaired) electrons. The number of hydrogen-bond acceptors (Lipinski definition) is 5. The molecule has 1 fully saturated rings. The van der Waals surface area contributed by atoms with E-state index < -0.39 is 0 Å². The van der Waals surface area contributed by atoms with Gasteiger partial charge in [0.2, 0.25) is 0 Å². The van der Waals surface area contributed by atoms with Crippen LogP contribution in [0.3, 0.4) is 0 Å². The minimum Gasteiger partial charge on any atom is -0.497 e. The first-order chi connectivity index (χ1) is 13.8. The van der Waals surface area contributed by atoms with Crippen LogP contribution in [0.25, 0.3) is 0 Å². The van der Waals surface area contributed by atoms with Crippen LogP contribution in [0.5, 0.6) is 11.5 Å². The van der Waals surface area contributed by atoms with Crippen LogP contribution in [0.1, 0.15) is 18.4 Å². The molecule has 1 aliphatic rings. The van der Waals surface area contributed by atoms with Gasteiger partial charge < -0.3 is 25.0 Å². The Morgan fingerprint density at radius 3 is 2.52 bits per heavy atom. The third-order valence-corrected chi connectivity index (χ3v) is 4.65. The zero-order valence-electron chi connectivity index (χ0n) is 17.1. The average Bonchev–Trinajstić information content (AvgIpc) is 3.29. The second-order valence-corrected chi connectivity index (χ2v) is 6.59. The summed E-state index contributed by atoms with van der Waals surface area (Å²) in [5, 5.41) is 6.60. The molecule has 0 aliphatic carbocycles. The number of halogens is 1. The zero-order valence-corrected chi connectivity index (χ0v) is 19.4. The smallest absolute Gasteiger partial charge is 0.191 e. The lowest BCUT2D eigenvalue weighted by Gasteiger charge is -2.17. The molecule has 2 N–H and O–H groups in total. The molecule has 0 spiro atoms. The van der Waals surface area contributed by atoms with E-state index in [1.807, 2.05) is 36.5 Å². The molecule has 29 heavy (non-hydrogen) atoms. The molecule has 0 bridgehead atoms. The third kappa shape index (κ3) is 7.26. The van der Waals surface area contributed by atoms with Gasteiger partial charge in [0.1, 0.15) is 23.9 Å². The molecule has 2 aromatic rings. The van der Waals surface area contributed by atoms with Crippen molar-refractivity contribution in [2.24, 2.45) is 4.99 Å². The van der Waals surface area contributed by atoms with Crippen molar-refractivity contribution in [3.8, 4) is 11.5 Å². The van der Waals surface area contributed by atoms with E-state index in [0.717, 1.165) is 36.4 Å². The maximum absolute atomic E-state index is 5.72. The highest BCUT2D eigenvalue weighted by Gasteiger charge is 2.13. The Morgan fingerprint density at radius 1 is 1.10 bits per heavy atom. The molecule has 2 heterocycles. The summed E-state index contributed by atoms with van der Waals surface area (Å²) < 4.78 is 10.9. The highest BCUT2D eigenvalue weighted by molar-refractivity contribution is 14.0. The first-order valence-electron chi connectivity index (χ1n) is 9.70. The predicted octanol–water partition coefficient (Wildman–Crippen LogP) is 3.05. The monoisotopic (exact) mass is 511 g/mol. The van der Waals surface area contributed by atoms with Gasteiger partial charge in [-0.2, -0.15) is 0 Å². The van der Waals surface area contributed by atoms with E-state index in [1.165, 1.54) is 18.4 Å². The van der Waals surface area contributed by atoms with Gasteiger partial charge in [-0.3, -0.25) is 4.99 Å². The van der Waals surface area contributed by atoms with Crippen LogP contribution in [0, 0.1) is 0 Å². The van der Waals surface area contributed by atoms with Crippen LogP contribution in [-0.4, -0.2) is 51.3 Å². The van der Waals surface area contributed by atoms with Gasteiger partial charge in [-0.15, -0.1) is 24.0 Å². The second-order valence-electron chi connectivity index (χ2n) is 6.59. The lowest BCUT2D eigenvalue weighted by atomic mass is 10.2. The first-order valence-corrected chi connectivity index (χ1v) is 9.70. The predicted molar refractivity (Wildman–Crippen MR) is 128 cm³/mol. The number of aromatic nitrogens is 1. The number of rotatable bonds is 8. The molecule has 3 rings (SSSR count). The molecule has 1 aromatic carbocycles. The fourth-order valence-corrected chi connectivity index (χ4v) is 3.11. The van der Waals surface area contributed by atoms with Gasteiger partial charge in [0, 0.05) is 32.9 Å². The third-order valence-electron chi connectivity index (χ3n) is 4.65. The van der Waals surface area contributed by atoms with Crippen LogP contribution in [0.2, 0.25) is 0 Å². The van der Waals surface area contributed by atoms with Crippen molar-refractivity contribution in [1.29, 1.82) is 0 Å². The van der Waals surface area contributed by atoms with E-state index in [-0.39, 0.29) is 24.0 Å². The van der Waals surface area contributed by atoms with Crippen LogP contribution < -0.4 is 25.0 Å². The Hall–Kier alpha value is -2.23. The Labute approximate surface area is 189 Å². The summed E-state index contributed by atoms with van der Waals surface area (Å²) in [4.78, 5) is 11.1. The topological polar surface area (TPSA) is 71.0 Å². The van der Waals surface area contributed by atoms with E-state index >= 15 is 0 Å². The number of benzene rings is 1. The van der Waals surface area contributed by atoms with E-state index in [9.17, 15) is 0 Å². The van der Waals surface area contributed by atoms with Crippen LogP contribution >= 0.6 is 24.0 Å². The molecule has 0 saturated carbocycles. The standard InChI is InChI=1S/C21H29N5O2.HI/c1-22-21(24-11-14-28-19-7-5-18(27-2)6-8-19)25-16-17-9-10-23-20(15-17)26-12-3-4-13-26;/h5-10,15H,3-4,11-14,16H2,1-2H3,(H2,22,24,25);1H. The number of hydrogen-bond donors (Lipinski definition) is 2. The number of aliphatic imine (C=N–C) groups is 1. The molecule has 1 aromatic heterocycles. The summed E-state index contributed by atoms with van der Waals surface area (Å²) in [6.07, 6.45) is 4.38. The van der Waals surface area contributed by atoms with Crippen LogP contribution in [-0.2, 0) is 6.54 Å². The van der Waals surface area contributed by atoms with Gasteiger partial charge in [0.15, 0.2) is 5.96 Å². The van der Waals surface area contributed by atoms with Gasteiger partial charge in [-0.05, 0) is 54.8 Å². The number of nitrogens with one attached hydrogen (secondary N) is 2. The van der Waals surface area contributed by atoms with E-state index in [0.29, 0.717) is 19.7 Å². The van der Waals surface area contributed by atoms with Gasteiger partial charge >= 0.3 is 0 Å². The van der Waals surface area contributed by atoms with E-state index in [4.69, 9.17) is 9.47 Å². The average molecular weight is 511 g/mol. The highest BCUT2D eigenvalue weighted by Crippen LogP contribution is 2.18. The summed E-state index contributed by atoms with van der Waals surface area (Å²) in [6.45, 7) is 4.09. The number of methoxy groups -OCH3 is 1. The number of pyridine rings is 1. The molecule has 7 nitrogen and oxygen atoms in total. The summed E-state index contributed by atoms with van der Waals surface area (Å²) in [5.74, 6) is 3.45. The van der Waals surface area contributed by atoms with Crippen molar-refractivity contribution in [1.82, 2.24) is 15.6 Å². The van der Waals surface area contributed by atoms with Crippen molar-refractivity contribution >= 4 is 35.8 Å². The fraction of sp³-hybridized carbons (Fsp3) is 0.429. The molecule has 8 heteroatoms. The molecule has 0 atom stereocenters. The van der Waals surface area contributed by atoms with Gasteiger partial charge in [-0.25, -0.2) is 4.98 Å². The first kappa shape index (κ1) is 23.1.